The zero-order valence-electron chi connectivity index (χ0n) is 33.9. The fourth-order valence-electron chi connectivity index (χ4n) is 9.80. The number of hydrogen-bond donors (Lipinski definition) is 0. The lowest BCUT2D eigenvalue weighted by atomic mass is 9.60. The van der Waals surface area contributed by atoms with E-state index in [0.29, 0.717) is 23.3 Å². The summed E-state index contributed by atoms with van der Waals surface area (Å²) in [7, 11) is 0. The monoisotopic (exact) mass is 821 g/mol. The molecule has 0 fully saturated rings. The fourth-order valence-corrected chi connectivity index (χ4v) is 10.9. The van der Waals surface area contributed by atoms with Crippen LogP contribution in [0.4, 0.5) is 0 Å². The average Bonchev–Trinajstić information content (AvgIpc) is 3.74. The van der Waals surface area contributed by atoms with Crippen LogP contribution in [-0.2, 0) is 0 Å². The fraction of sp³-hybridized carbons (Fsp3) is 0.0351. The van der Waals surface area contributed by atoms with Crippen LogP contribution in [0.3, 0.4) is 0 Å². The van der Waals surface area contributed by atoms with Crippen LogP contribution < -0.4 is 0 Å². The van der Waals surface area contributed by atoms with E-state index in [4.69, 9.17) is 24.9 Å². The van der Waals surface area contributed by atoms with Gasteiger partial charge >= 0.3 is 0 Å². The third-order valence-electron chi connectivity index (χ3n) is 12.7. The molecule has 3 aliphatic rings. The molecule has 3 aliphatic carbocycles. The first-order chi connectivity index (χ1) is 31.2. The van der Waals surface area contributed by atoms with E-state index in [-0.39, 0.29) is 11.8 Å². The highest BCUT2D eigenvalue weighted by Gasteiger charge is 2.41. The van der Waals surface area contributed by atoms with Crippen molar-refractivity contribution in [2.75, 3.05) is 0 Å². The maximum absolute atomic E-state index is 5.28. The van der Waals surface area contributed by atoms with Crippen LogP contribution in [0, 0.1) is 0 Å². The normalized spacial score (nSPS) is 14.7. The molecule has 6 heteroatoms. The first-order valence-electron chi connectivity index (χ1n) is 21.3. The molecule has 14 rings (SSSR count). The van der Waals surface area contributed by atoms with Gasteiger partial charge in [-0.05, 0) is 69.8 Å². The third-order valence-corrected chi connectivity index (χ3v) is 13.9. The minimum Gasteiger partial charge on any atom is -0.228 e. The standard InChI is InChI=1S/C57H35N5S/c1-4-14-34(15-5-1)54-58-48(33-49(59-54)38-26-29-51-45(30-38)40-20-12-13-23-50(40)63-51)37-24-27-43-46(31-37)52-41-21-10-11-22-42(41)53(43)47-32-39(25-28-44(47)52)57-61-55(35-16-6-2-7-17-35)60-56(62-57)36-18-8-3-9-19-36/h1-33,52-53H. The molecule has 63 heavy (non-hydrogen) atoms. The molecule has 3 aromatic heterocycles. The molecule has 5 nitrogen and oxygen atoms in total. The summed E-state index contributed by atoms with van der Waals surface area (Å²) in [5.41, 5.74) is 15.8. The van der Waals surface area contributed by atoms with E-state index >= 15 is 0 Å². The Labute approximate surface area is 368 Å². The Bertz CT molecular complexity index is 3530. The van der Waals surface area contributed by atoms with Gasteiger partial charge in [0.15, 0.2) is 23.3 Å². The van der Waals surface area contributed by atoms with E-state index in [9.17, 15) is 0 Å². The molecule has 2 unspecified atom stereocenters. The minimum absolute atomic E-state index is 0.0576. The van der Waals surface area contributed by atoms with Crippen molar-refractivity contribution in [3.05, 3.63) is 234 Å². The SMILES string of the molecule is c1ccc(-c2nc(-c3ccc4c(c3)C3c5ccccc5C4c4cc(-c5nc(-c6ccccc6)nc(-c6ccccc6)n5)ccc43)cc(-c3ccc4sc5ccccc5c4c3)n2)cc1. The van der Waals surface area contributed by atoms with Gasteiger partial charge in [0.25, 0.3) is 0 Å². The molecule has 0 spiro atoms. The number of benzene rings is 8. The van der Waals surface area contributed by atoms with Gasteiger partial charge in [-0.15, -0.1) is 11.3 Å². The van der Waals surface area contributed by atoms with Crippen molar-refractivity contribution in [2.45, 2.75) is 11.8 Å². The van der Waals surface area contributed by atoms with Gasteiger partial charge in [-0.3, -0.25) is 0 Å². The Morgan fingerprint density at radius 1 is 0.270 bits per heavy atom. The van der Waals surface area contributed by atoms with E-state index in [1.54, 1.807) is 0 Å². The molecule has 2 atom stereocenters. The van der Waals surface area contributed by atoms with Crippen LogP contribution in [0.25, 0.3) is 88.2 Å². The molecule has 0 amide bonds. The molecule has 8 aromatic carbocycles. The van der Waals surface area contributed by atoms with E-state index in [0.717, 1.165) is 44.8 Å². The maximum Gasteiger partial charge on any atom is 0.164 e. The Hall–Kier alpha value is -7.93. The molecular formula is C57H35N5S. The topological polar surface area (TPSA) is 64.5 Å². The highest BCUT2D eigenvalue weighted by Crippen LogP contribution is 2.56. The third kappa shape index (κ3) is 5.94. The highest BCUT2D eigenvalue weighted by molar-refractivity contribution is 7.25. The Kier molecular flexibility index (Phi) is 8.14. The second kappa shape index (κ2) is 14.3. The second-order valence-corrected chi connectivity index (χ2v) is 17.4. The number of aromatic nitrogens is 5. The quantitative estimate of drug-likeness (QED) is 0.167. The predicted molar refractivity (Wildman–Crippen MR) is 256 cm³/mol. The van der Waals surface area contributed by atoms with Crippen molar-refractivity contribution in [1.29, 1.82) is 0 Å². The van der Waals surface area contributed by atoms with Gasteiger partial charge in [-0.2, -0.15) is 0 Å². The van der Waals surface area contributed by atoms with Crippen molar-refractivity contribution < 1.29 is 0 Å². The number of fused-ring (bicyclic) bond motifs is 3. The highest BCUT2D eigenvalue weighted by atomic mass is 32.1. The first-order valence-corrected chi connectivity index (χ1v) is 22.1. The van der Waals surface area contributed by atoms with Crippen molar-refractivity contribution >= 4 is 31.5 Å². The van der Waals surface area contributed by atoms with Gasteiger partial charge in [0.05, 0.1) is 11.4 Å². The zero-order chi connectivity index (χ0) is 41.4. The molecule has 0 saturated carbocycles. The molecule has 0 aliphatic heterocycles. The summed E-state index contributed by atoms with van der Waals surface area (Å²) in [5.74, 6) is 2.81. The van der Waals surface area contributed by atoms with Gasteiger partial charge in [0.1, 0.15) is 0 Å². The summed E-state index contributed by atoms with van der Waals surface area (Å²) < 4.78 is 2.57. The molecule has 0 radical (unpaired) electrons. The first kappa shape index (κ1) is 35.8. The smallest absolute Gasteiger partial charge is 0.164 e. The summed E-state index contributed by atoms with van der Waals surface area (Å²) in [4.78, 5) is 25.6. The molecule has 3 heterocycles. The predicted octanol–water partition coefficient (Wildman–Crippen LogP) is 14.0. The second-order valence-electron chi connectivity index (χ2n) is 16.4. The summed E-state index contributed by atoms with van der Waals surface area (Å²) in [6, 6.07) is 71.0. The molecule has 2 bridgehead atoms. The van der Waals surface area contributed by atoms with E-state index in [1.807, 2.05) is 53.8 Å². The lowest BCUT2D eigenvalue weighted by Crippen LogP contribution is -2.27. The Balaban J connectivity index is 0.942. The zero-order valence-corrected chi connectivity index (χ0v) is 34.7. The van der Waals surface area contributed by atoms with Gasteiger partial charge in [0.2, 0.25) is 0 Å². The summed E-state index contributed by atoms with van der Waals surface area (Å²) >= 11 is 1.83. The van der Waals surface area contributed by atoms with E-state index in [2.05, 4.69) is 158 Å². The van der Waals surface area contributed by atoms with Crippen molar-refractivity contribution in [3.63, 3.8) is 0 Å². The molecule has 11 aromatic rings. The van der Waals surface area contributed by atoms with Crippen LogP contribution in [0.15, 0.2) is 200 Å². The number of rotatable bonds is 6. The lowest BCUT2D eigenvalue weighted by molar-refractivity contribution is 0.754. The lowest BCUT2D eigenvalue weighted by Gasteiger charge is -2.42. The van der Waals surface area contributed by atoms with Gasteiger partial charge in [-0.1, -0.05) is 164 Å². The number of hydrogen-bond acceptors (Lipinski definition) is 6. The molecular weight excluding hydrogens is 787 g/mol. The number of thiophene rings is 1. The van der Waals surface area contributed by atoms with Crippen molar-refractivity contribution in [1.82, 2.24) is 24.9 Å². The van der Waals surface area contributed by atoms with Gasteiger partial charge in [0, 0.05) is 65.4 Å². The van der Waals surface area contributed by atoms with Crippen LogP contribution in [0.5, 0.6) is 0 Å². The van der Waals surface area contributed by atoms with Crippen LogP contribution in [-0.4, -0.2) is 24.9 Å². The van der Waals surface area contributed by atoms with E-state index < -0.39 is 0 Å². The summed E-state index contributed by atoms with van der Waals surface area (Å²) in [6.45, 7) is 0. The van der Waals surface area contributed by atoms with Crippen molar-refractivity contribution in [2.24, 2.45) is 0 Å². The Morgan fingerprint density at radius 2 is 0.683 bits per heavy atom. The Morgan fingerprint density at radius 3 is 1.27 bits per heavy atom. The van der Waals surface area contributed by atoms with Crippen LogP contribution in [0.1, 0.15) is 45.2 Å². The molecule has 0 N–H and O–H groups in total. The average molecular weight is 822 g/mol. The minimum atomic E-state index is 0.0576. The number of nitrogens with zero attached hydrogens (tertiary/aromatic N) is 5. The summed E-state index contributed by atoms with van der Waals surface area (Å²) in [5, 5.41) is 2.53. The molecule has 0 saturated heterocycles. The van der Waals surface area contributed by atoms with Gasteiger partial charge in [-0.25, -0.2) is 24.9 Å². The van der Waals surface area contributed by atoms with Crippen molar-refractivity contribution in [3.8, 4) is 68.1 Å². The summed E-state index contributed by atoms with van der Waals surface area (Å²) in [6.07, 6.45) is 0. The van der Waals surface area contributed by atoms with Crippen LogP contribution >= 0.6 is 11.3 Å². The largest absolute Gasteiger partial charge is 0.228 e. The van der Waals surface area contributed by atoms with Gasteiger partial charge < -0.3 is 0 Å². The molecule has 294 valence electrons. The van der Waals surface area contributed by atoms with Crippen LogP contribution in [0.2, 0.25) is 0 Å². The van der Waals surface area contributed by atoms with E-state index in [1.165, 1.54) is 53.6 Å². The maximum atomic E-state index is 5.28.